The minimum atomic E-state index is 0.0249. The molecule has 0 saturated heterocycles. The molecule has 8 aromatic rings. The molecule has 40 heavy (non-hydrogen) atoms. The Labute approximate surface area is 231 Å². The van der Waals surface area contributed by atoms with Crippen LogP contribution in [0.4, 0.5) is 0 Å². The molecule has 0 amide bonds. The normalized spacial score (nSPS) is 11.6. The molecule has 8 rings (SSSR count). The molecule has 0 aliphatic rings. The molecule has 2 aromatic heterocycles. The van der Waals surface area contributed by atoms with Gasteiger partial charge in [-0.15, -0.1) is 0 Å². The smallest absolute Gasteiger partial charge is 0.193 e. The van der Waals surface area contributed by atoms with E-state index in [2.05, 4.69) is 106 Å². The number of para-hydroxylation sites is 3. The highest BCUT2D eigenvalue weighted by atomic mass is 16.1. The van der Waals surface area contributed by atoms with Gasteiger partial charge in [-0.1, -0.05) is 97.1 Å². The minimum absolute atomic E-state index is 0.0249. The summed E-state index contributed by atoms with van der Waals surface area (Å²) in [4.78, 5) is 13.3. The maximum Gasteiger partial charge on any atom is 0.193 e. The predicted molar refractivity (Wildman–Crippen MR) is 165 cm³/mol. The highest BCUT2D eigenvalue weighted by molar-refractivity contribution is 6.13. The molecule has 0 spiro atoms. The van der Waals surface area contributed by atoms with E-state index in [1.54, 1.807) is 0 Å². The van der Waals surface area contributed by atoms with Gasteiger partial charge in [-0.3, -0.25) is 4.79 Å². The van der Waals surface area contributed by atoms with Crippen LogP contribution >= 0.6 is 0 Å². The van der Waals surface area contributed by atoms with Crippen LogP contribution in [-0.4, -0.2) is 14.9 Å². The first-order valence-electron chi connectivity index (χ1n) is 13.5. The van der Waals surface area contributed by atoms with Crippen molar-refractivity contribution in [3.63, 3.8) is 0 Å². The molecule has 0 aliphatic carbocycles. The largest absolute Gasteiger partial charge is 0.309 e. The average molecular weight is 513 g/mol. The van der Waals surface area contributed by atoms with Gasteiger partial charge in [0.15, 0.2) is 5.78 Å². The van der Waals surface area contributed by atoms with Gasteiger partial charge in [-0.05, 0) is 48.5 Å². The number of hydrogen-bond acceptors (Lipinski definition) is 1. The molecule has 0 aliphatic heterocycles. The molecule has 0 atom stereocenters. The number of aromatic nitrogens is 2. The first kappa shape index (κ1) is 22.6. The molecule has 2 heterocycles. The van der Waals surface area contributed by atoms with E-state index in [0.717, 1.165) is 22.4 Å². The lowest BCUT2D eigenvalue weighted by molar-refractivity contribution is 0.103. The highest BCUT2D eigenvalue weighted by Crippen LogP contribution is 2.36. The summed E-state index contributed by atoms with van der Waals surface area (Å²) >= 11 is 0. The van der Waals surface area contributed by atoms with E-state index in [1.165, 1.54) is 32.6 Å². The number of benzene rings is 6. The third-order valence-corrected chi connectivity index (χ3v) is 7.90. The number of carbonyl (C=O) groups excluding carboxylic acids is 1. The second kappa shape index (κ2) is 8.82. The van der Waals surface area contributed by atoms with E-state index >= 15 is 0 Å². The van der Waals surface area contributed by atoms with Crippen LogP contribution in [0, 0.1) is 0 Å². The van der Waals surface area contributed by atoms with Gasteiger partial charge >= 0.3 is 0 Å². The Kier molecular flexibility index (Phi) is 4.98. The molecule has 0 fully saturated rings. The van der Waals surface area contributed by atoms with Crippen molar-refractivity contribution < 1.29 is 4.79 Å². The van der Waals surface area contributed by atoms with Gasteiger partial charge in [0.25, 0.3) is 0 Å². The van der Waals surface area contributed by atoms with Crippen molar-refractivity contribution in [3.05, 3.63) is 157 Å². The van der Waals surface area contributed by atoms with Gasteiger partial charge in [0, 0.05) is 44.0 Å². The van der Waals surface area contributed by atoms with Crippen molar-refractivity contribution in [2.24, 2.45) is 0 Å². The van der Waals surface area contributed by atoms with E-state index in [1.807, 2.05) is 48.5 Å². The van der Waals surface area contributed by atoms with Gasteiger partial charge in [-0.2, -0.15) is 0 Å². The molecule has 0 unspecified atom stereocenters. The third kappa shape index (κ3) is 3.35. The fourth-order valence-electron chi connectivity index (χ4n) is 6.12. The summed E-state index contributed by atoms with van der Waals surface area (Å²) in [7, 11) is 0. The Hall–Kier alpha value is -5.41. The van der Waals surface area contributed by atoms with Crippen LogP contribution < -0.4 is 0 Å². The molecule has 0 radical (unpaired) electrons. The van der Waals surface area contributed by atoms with Crippen molar-refractivity contribution in [1.29, 1.82) is 0 Å². The first-order chi connectivity index (χ1) is 19.8. The van der Waals surface area contributed by atoms with Gasteiger partial charge in [0.2, 0.25) is 0 Å². The molecule has 6 aromatic carbocycles. The molecular formula is C37H24N2O. The summed E-state index contributed by atoms with van der Waals surface area (Å²) < 4.78 is 4.62. The lowest BCUT2D eigenvalue weighted by Crippen LogP contribution is -2.03. The lowest BCUT2D eigenvalue weighted by Gasteiger charge is -2.11. The third-order valence-electron chi connectivity index (χ3n) is 7.90. The molecule has 3 heteroatoms. The number of rotatable bonds is 4. The predicted octanol–water partition coefficient (Wildman–Crippen LogP) is 9.11. The second-order valence-corrected chi connectivity index (χ2v) is 10.2. The van der Waals surface area contributed by atoms with Gasteiger partial charge in [0.05, 0.1) is 22.1 Å². The van der Waals surface area contributed by atoms with Crippen LogP contribution in [-0.2, 0) is 0 Å². The number of nitrogens with zero attached hydrogens (tertiary/aromatic N) is 2. The van der Waals surface area contributed by atoms with Crippen LogP contribution in [0.15, 0.2) is 146 Å². The zero-order valence-corrected chi connectivity index (χ0v) is 21.7. The topological polar surface area (TPSA) is 26.9 Å². The number of carbonyl (C=O) groups is 1. The van der Waals surface area contributed by atoms with E-state index in [9.17, 15) is 4.79 Å². The van der Waals surface area contributed by atoms with Crippen molar-refractivity contribution >= 4 is 49.4 Å². The first-order valence-corrected chi connectivity index (χ1v) is 13.5. The number of fused-ring (bicyclic) bond motifs is 6. The molecular weight excluding hydrogens is 488 g/mol. The van der Waals surface area contributed by atoms with Crippen LogP contribution in [0.1, 0.15) is 15.9 Å². The van der Waals surface area contributed by atoms with E-state index < -0.39 is 0 Å². The van der Waals surface area contributed by atoms with Crippen LogP contribution in [0.3, 0.4) is 0 Å². The summed E-state index contributed by atoms with van der Waals surface area (Å²) in [6.45, 7) is 0. The average Bonchev–Trinajstić information content (AvgIpc) is 3.54. The molecule has 188 valence electrons. The van der Waals surface area contributed by atoms with Gasteiger partial charge < -0.3 is 9.13 Å². The fraction of sp³-hybridized carbons (Fsp3) is 0. The monoisotopic (exact) mass is 512 g/mol. The molecule has 0 bridgehead atoms. The van der Waals surface area contributed by atoms with Crippen LogP contribution in [0.25, 0.3) is 55.0 Å². The van der Waals surface area contributed by atoms with Gasteiger partial charge in [-0.25, -0.2) is 0 Å². The Balaban J connectivity index is 1.36. The summed E-state index contributed by atoms with van der Waals surface area (Å²) in [6.07, 6.45) is 0. The van der Waals surface area contributed by atoms with E-state index in [-0.39, 0.29) is 5.78 Å². The van der Waals surface area contributed by atoms with Crippen LogP contribution in [0.5, 0.6) is 0 Å². The molecule has 3 nitrogen and oxygen atoms in total. The fourth-order valence-corrected chi connectivity index (χ4v) is 6.12. The summed E-state index contributed by atoms with van der Waals surface area (Å²) in [6, 6.07) is 49.8. The van der Waals surface area contributed by atoms with E-state index in [4.69, 9.17) is 0 Å². The lowest BCUT2D eigenvalue weighted by atomic mass is 10.0. The zero-order valence-electron chi connectivity index (χ0n) is 21.7. The van der Waals surface area contributed by atoms with Crippen molar-refractivity contribution in [2.75, 3.05) is 0 Å². The van der Waals surface area contributed by atoms with E-state index in [0.29, 0.717) is 11.1 Å². The highest BCUT2D eigenvalue weighted by Gasteiger charge is 2.17. The summed E-state index contributed by atoms with van der Waals surface area (Å²) in [5, 5.41) is 4.86. The Morgan fingerprint density at radius 3 is 1.48 bits per heavy atom. The van der Waals surface area contributed by atoms with Crippen LogP contribution in [0.2, 0.25) is 0 Å². The molecule has 0 saturated carbocycles. The summed E-state index contributed by atoms with van der Waals surface area (Å²) in [5.41, 5.74) is 8.07. The minimum Gasteiger partial charge on any atom is -0.309 e. The standard InChI is InChI=1S/C37H24N2O/c40-37(25-11-2-1-3-12-25)26-13-10-14-27(23-26)38-35-20-9-6-17-31(35)32-24-28(21-22-36(32)38)39-33-18-7-4-15-29(33)30-16-5-8-19-34(30)39/h1-24H. The van der Waals surface area contributed by atoms with Crippen molar-refractivity contribution in [1.82, 2.24) is 9.13 Å². The summed E-state index contributed by atoms with van der Waals surface area (Å²) in [5.74, 6) is 0.0249. The van der Waals surface area contributed by atoms with Crippen molar-refractivity contribution in [2.45, 2.75) is 0 Å². The maximum absolute atomic E-state index is 13.3. The zero-order chi connectivity index (χ0) is 26.6. The quantitative estimate of drug-likeness (QED) is 0.216. The number of hydrogen-bond donors (Lipinski definition) is 0. The van der Waals surface area contributed by atoms with Gasteiger partial charge in [0.1, 0.15) is 0 Å². The SMILES string of the molecule is O=C(c1ccccc1)c1cccc(-n2c3ccccc3c3cc(-n4c5ccccc5c5ccccc54)ccc32)c1. The number of ketones is 1. The Bertz CT molecular complexity index is 2180. The van der Waals surface area contributed by atoms with Crippen molar-refractivity contribution in [3.8, 4) is 11.4 Å². The maximum atomic E-state index is 13.3. The molecule has 0 N–H and O–H groups in total. The Morgan fingerprint density at radius 2 is 0.850 bits per heavy atom. The second-order valence-electron chi connectivity index (χ2n) is 10.2. The Morgan fingerprint density at radius 1 is 0.375 bits per heavy atom.